The second-order valence-electron chi connectivity index (χ2n) is 11.6. The molecule has 3 heterocycles. The van der Waals surface area contributed by atoms with Crippen molar-refractivity contribution < 1.29 is 23.5 Å². The Morgan fingerprint density at radius 2 is 1.75 bits per heavy atom. The zero-order valence-corrected chi connectivity index (χ0v) is 23.8. The minimum Gasteiger partial charge on any atom is -0.496 e. The highest BCUT2D eigenvalue weighted by Crippen LogP contribution is 2.41. The minimum absolute atomic E-state index is 0.0646. The molecular formula is C31H39FN4O4. The summed E-state index contributed by atoms with van der Waals surface area (Å²) in [5.74, 6) is -1.00. The number of halogens is 1. The first-order chi connectivity index (χ1) is 19.2. The average Bonchev–Trinajstić information content (AvgIpc) is 3.29. The van der Waals surface area contributed by atoms with Crippen LogP contribution in [0.4, 0.5) is 10.1 Å². The largest absolute Gasteiger partial charge is 0.496 e. The van der Waals surface area contributed by atoms with E-state index in [9.17, 15) is 18.8 Å². The molecule has 3 aliphatic heterocycles. The van der Waals surface area contributed by atoms with Crippen LogP contribution in [0.2, 0.25) is 0 Å². The highest BCUT2D eigenvalue weighted by Gasteiger charge is 2.40. The molecule has 2 aromatic rings. The number of hydrogen-bond acceptors (Lipinski definition) is 6. The maximum Gasteiger partial charge on any atom is 0.291 e. The van der Waals surface area contributed by atoms with Crippen molar-refractivity contribution in [2.24, 2.45) is 5.92 Å². The number of nitrogens with zero attached hydrogens (tertiary/aromatic N) is 3. The Balaban J connectivity index is 1.32. The number of hydrogen-bond donors (Lipinski definition) is 1. The van der Waals surface area contributed by atoms with Gasteiger partial charge in [0, 0.05) is 63.6 Å². The number of likely N-dealkylation sites (N-methyl/N-ethyl adjacent to an activating group) is 1. The van der Waals surface area contributed by atoms with Crippen LogP contribution in [0.5, 0.6) is 5.75 Å². The van der Waals surface area contributed by atoms with E-state index < -0.39 is 17.6 Å². The highest BCUT2D eigenvalue weighted by atomic mass is 19.1. The molecule has 3 atom stereocenters. The van der Waals surface area contributed by atoms with E-state index in [-0.39, 0.29) is 23.8 Å². The van der Waals surface area contributed by atoms with Gasteiger partial charge in [-0.2, -0.15) is 0 Å². The van der Waals surface area contributed by atoms with Crippen molar-refractivity contribution in [1.29, 1.82) is 0 Å². The Kier molecular flexibility index (Phi) is 8.12. The molecule has 2 fully saturated rings. The van der Waals surface area contributed by atoms with Crippen LogP contribution in [0, 0.1) is 11.7 Å². The summed E-state index contributed by atoms with van der Waals surface area (Å²) in [5, 5.41) is 3.35. The van der Waals surface area contributed by atoms with Gasteiger partial charge in [-0.1, -0.05) is 12.1 Å². The lowest BCUT2D eigenvalue weighted by Crippen LogP contribution is -2.58. The molecule has 214 valence electrons. The number of piperidine rings is 1. The van der Waals surface area contributed by atoms with Gasteiger partial charge >= 0.3 is 0 Å². The summed E-state index contributed by atoms with van der Waals surface area (Å²) in [7, 11) is 3.43. The van der Waals surface area contributed by atoms with Gasteiger partial charge in [0.25, 0.3) is 11.8 Å². The van der Waals surface area contributed by atoms with Crippen LogP contribution in [-0.4, -0.2) is 86.4 Å². The number of carbonyl (C=O) groups excluding carboxylic acids is 3. The molecule has 1 N–H and O–H groups in total. The first-order valence-corrected chi connectivity index (χ1v) is 14.2. The molecule has 8 nitrogen and oxygen atoms in total. The molecule has 1 unspecified atom stereocenters. The lowest BCUT2D eigenvalue weighted by molar-refractivity contribution is -0.147. The molecule has 0 aromatic heterocycles. The third-order valence-electron chi connectivity index (χ3n) is 8.71. The van der Waals surface area contributed by atoms with E-state index in [1.807, 2.05) is 48.9 Å². The first kappa shape index (κ1) is 28.1. The fourth-order valence-electron chi connectivity index (χ4n) is 6.29. The van der Waals surface area contributed by atoms with Gasteiger partial charge in [-0.05, 0) is 68.4 Å². The number of anilines is 1. The van der Waals surface area contributed by atoms with Gasteiger partial charge in [-0.25, -0.2) is 4.39 Å². The number of ether oxygens (including phenoxy) is 1. The third kappa shape index (κ3) is 5.57. The Labute approximate surface area is 235 Å². The number of fused-ring (bicyclic) bond motifs is 1. The lowest BCUT2D eigenvalue weighted by Gasteiger charge is -2.37. The van der Waals surface area contributed by atoms with Crippen molar-refractivity contribution in [2.45, 2.75) is 51.1 Å². The van der Waals surface area contributed by atoms with Crippen molar-refractivity contribution >= 4 is 23.3 Å². The smallest absolute Gasteiger partial charge is 0.291 e. The molecular weight excluding hydrogens is 511 g/mol. The number of benzene rings is 2. The van der Waals surface area contributed by atoms with Gasteiger partial charge in [0.1, 0.15) is 11.6 Å². The molecule has 0 spiro atoms. The molecule has 0 bridgehead atoms. The highest BCUT2D eigenvalue weighted by molar-refractivity contribution is 6.38. The Morgan fingerprint density at radius 3 is 2.42 bits per heavy atom. The van der Waals surface area contributed by atoms with E-state index in [1.54, 1.807) is 18.1 Å². The molecule has 0 saturated carbocycles. The fourth-order valence-corrected chi connectivity index (χ4v) is 6.29. The van der Waals surface area contributed by atoms with E-state index in [0.29, 0.717) is 55.5 Å². The maximum absolute atomic E-state index is 13.7. The molecule has 3 aliphatic rings. The normalized spacial score (nSPS) is 23.2. The number of methoxy groups -OCH3 is 1. The number of likely N-dealkylation sites (tertiary alicyclic amines) is 1. The van der Waals surface area contributed by atoms with Crippen LogP contribution in [0.3, 0.4) is 0 Å². The number of carbonyl (C=O) groups is 3. The predicted molar refractivity (Wildman–Crippen MR) is 151 cm³/mol. The molecule has 2 amide bonds. The van der Waals surface area contributed by atoms with Crippen molar-refractivity contribution in [1.82, 2.24) is 15.1 Å². The second-order valence-corrected chi connectivity index (χ2v) is 11.6. The first-order valence-electron chi connectivity index (χ1n) is 14.2. The van der Waals surface area contributed by atoms with Crippen LogP contribution < -0.4 is 15.0 Å². The van der Waals surface area contributed by atoms with Crippen LogP contribution >= 0.6 is 0 Å². The molecule has 5 rings (SSSR count). The number of piperazine rings is 1. The number of ketones is 1. The Bertz CT molecular complexity index is 1270. The van der Waals surface area contributed by atoms with E-state index in [0.717, 1.165) is 30.5 Å². The summed E-state index contributed by atoms with van der Waals surface area (Å²) in [6.07, 6.45) is 2.57. The second kappa shape index (κ2) is 11.6. The van der Waals surface area contributed by atoms with Gasteiger partial charge in [-0.3, -0.25) is 14.4 Å². The number of amides is 2. The monoisotopic (exact) mass is 550 g/mol. The van der Waals surface area contributed by atoms with Crippen molar-refractivity contribution in [3.8, 4) is 5.75 Å². The molecule has 2 saturated heterocycles. The maximum atomic E-state index is 13.7. The van der Waals surface area contributed by atoms with Crippen LogP contribution in [0.1, 0.15) is 54.1 Å². The SMILES string of the molecule is COc1cc2c(cc1C(=O)N1CCC(Cc3ccc(F)cc3)CC1)C(C(=O)C(=O)N1C[C@@H](C)NC[C@@H]1C)CN2C. The standard InChI is InChI=1S/C31H39FN4O4/c1-19-17-36(20(2)16-33-19)31(39)29(37)26-18-34(3)27-15-28(40-4)25(14-24(26)27)30(38)35-11-9-22(10-12-35)13-21-5-7-23(32)8-6-21/h5-8,14-15,19-20,22,26,33H,9-13,16-18H2,1-4H3/t19-,20+,26?/m1/s1. The minimum atomic E-state index is -0.635. The average molecular weight is 551 g/mol. The van der Waals surface area contributed by atoms with Gasteiger partial charge in [-0.15, -0.1) is 0 Å². The summed E-state index contributed by atoms with van der Waals surface area (Å²) in [6.45, 7) is 6.71. The molecule has 2 aromatic carbocycles. The summed E-state index contributed by atoms with van der Waals surface area (Å²) < 4.78 is 18.9. The number of rotatable bonds is 6. The zero-order valence-electron chi connectivity index (χ0n) is 23.8. The summed E-state index contributed by atoms with van der Waals surface area (Å²) in [5.41, 5.74) is 3.03. The van der Waals surface area contributed by atoms with Crippen LogP contribution in [-0.2, 0) is 16.0 Å². The van der Waals surface area contributed by atoms with E-state index in [4.69, 9.17) is 4.74 Å². The number of nitrogens with one attached hydrogen (secondary N) is 1. The summed E-state index contributed by atoms with van der Waals surface area (Å²) in [4.78, 5) is 46.1. The van der Waals surface area contributed by atoms with Crippen molar-refractivity contribution in [3.05, 3.63) is 58.9 Å². The van der Waals surface area contributed by atoms with Crippen molar-refractivity contribution in [3.63, 3.8) is 0 Å². The van der Waals surface area contributed by atoms with Gasteiger partial charge in [0.05, 0.1) is 18.6 Å². The molecule has 0 aliphatic carbocycles. The topological polar surface area (TPSA) is 82.2 Å². The van der Waals surface area contributed by atoms with E-state index in [1.165, 1.54) is 12.1 Å². The molecule has 40 heavy (non-hydrogen) atoms. The molecule has 0 radical (unpaired) electrons. The van der Waals surface area contributed by atoms with Crippen LogP contribution in [0.25, 0.3) is 0 Å². The summed E-state index contributed by atoms with van der Waals surface area (Å²) in [6, 6.07) is 10.3. The quantitative estimate of drug-likeness (QED) is 0.557. The zero-order chi connectivity index (χ0) is 28.6. The Morgan fingerprint density at radius 1 is 1.05 bits per heavy atom. The summed E-state index contributed by atoms with van der Waals surface area (Å²) >= 11 is 0. The van der Waals surface area contributed by atoms with Crippen molar-refractivity contribution in [2.75, 3.05) is 51.8 Å². The van der Waals surface area contributed by atoms with E-state index >= 15 is 0 Å². The predicted octanol–water partition coefficient (Wildman–Crippen LogP) is 3.24. The Hall–Kier alpha value is -3.46. The van der Waals surface area contributed by atoms with E-state index in [2.05, 4.69) is 5.32 Å². The molecule has 9 heteroatoms. The third-order valence-corrected chi connectivity index (χ3v) is 8.71. The van der Waals surface area contributed by atoms with Crippen LogP contribution in [0.15, 0.2) is 36.4 Å². The van der Waals surface area contributed by atoms with Gasteiger partial charge in [0.15, 0.2) is 0 Å². The van der Waals surface area contributed by atoms with Gasteiger partial charge < -0.3 is 24.8 Å². The number of Topliss-reactive ketones (excluding diaryl/α,β-unsaturated/α-hetero) is 1. The lowest BCUT2D eigenvalue weighted by atomic mass is 9.89. The van der Waals surface area contributed by atoms with Gasteiger partial charge in [0.2, 0.25) is 5.78 Å². The fraction of sp³-hybridized carbons (Fsp3) is 0.516.